The Labute approximate surface area is 161 Å². The number of nitrogens with zero attached hydrogens (tertiary/aromatic N) is 4. The molecule has 1 amide bonds. The van der Waals surface area contributed by atoms with Gasteiger partial charge >= 0.3 is 6.18 Å². The van der Waals surface area contributed by atoms with Gasteiger partial charge in [0.25, 0.3) is 0 Å². The molecule has 4 rings (SSSR count). The minimum atomic E-state index is -4.51. The minimum absolute atomic E-state index is 0.0455. The van der Waals surface area contributed by atoms with Crippen LogP contribution in [-0.4, -0.2) is 38.5 Å². The van der Waals surface area contributed by atoms with Gasteiger partial charge in [-0.2, -0.15) is 18.3 Å². The molecular weight excluding hydrogens is 369 g/mol. The zero-order valence-corrected chi connectivity index (χ0v) is 16.4. The summed E-state index contributed by atoms with van der Waals surface area (Å²) in [6.45, 7) is 6.81. The molecule has 2 aromatic heterocycles. The van der Waals surface area contributed by atoms with Gasteiger partial charge in [0.2, 0.25) is 5.91 Å². The molecule has 28 heavy (non-hydrogen) atoms. The molecular formula is C20H25F3N4O. The van der Waals surface area contributed by atoms with Crippen molar-refractivity contribution in [2.45, 2.75) is 64.0 Å². The van der Waals surface area contributed by atoms with Gasteiger partial charge < -0.3 is 4.90 Å². The van der Waals surface area contributed by atoms with Gasteiger partial charge in [-0.15, -0.1) is 0 Å². The molecule has 0 spiro atoms. The third kappa shape index (κ3) is 3.61. The number of aromatic nitrogens is 3. The average Bonchev–Trinajstić information content (AvgIpc) is 3.37. The van der Waals surface area contributed by atoms with E-state index in [0.717, 1.165) is 36.3 Å². The van der Waals surface area contributed by atoms with Crippen LogP contribution in [0, 0.1) is 5.92 Å². The van der Waals surface area contributed by atoms with E-state index in [-0.39, 0.29) is 23.4 Å². The number of hydrogen-bond donors (Lipinski definition) is 0. The van der Waals surface area contributed by atoms with Crippen LogP contribution in [0.3, 0.4) is 0 Å². The highest BCUT2D eigenvalue weighted by atomic mass is 19.4. The van der Waals surface area contributed by atoms with Crippen LogP contribution in [0.25, 0.3) is 5.65 Å². The summed E-state index contributed by atoms with van der Waals surface area (Å²) in [6.07, 6.45) is -1.11. The summed E-state index contributed by atoms with van der Waals surface area (Å²) < 4.78 is 41.8. The molecule has 0 unspecified atom stereocenters. The van der Waals surface area contributed by atoms with Crippen LogP contribution in [0.4, 0.5) is 13.2 Å². The molecule has 0 atom stereocenters. The monoisotopic (exact) mass is 394 g/mol. The third-order valence-corrected chi connectivity index (χ3v) is 5.66. The lowest BCUT2D eigenvalue weighted by Gasteiger charge is -2.31. The van der Waals surface area contributed by atoms with E-state index in [2.05, 4.69) is 10.1 Å². The highest BCUT2D eigenvalue weighted by Gasteiger charge is 2.38. The number of carbonyl (C=O) groups excluding carboxylic acids is 1. The van der Waals surface area contributed by atoms with E-state index < -0.39 is 17.3 Å². The predicted octanol–water partition coefficient (Wildman–Crippen LogP) is 4.16. The number of likely N-dealkylation sites (tertiary alicyclic amines) is 1. The maximum atomic E-state index is 13.6. The van der Waals surface area contributed by atoms with E-state index in [0.29, 0.717) is 24.5 Å². The van der Waals surface area contributed by atoms with Crippen molar-refractivity contribution in [3.8, 4) is 0 Å². The van der Waals surface area contributed by atoms with Crippen molar-refractivity contribution in [3.05, 3.63) is 29.2 Å². The van der Waals surface area contributed by atoms with Gasteiger partial charge in [0.05, 0.1) is 11.4 Å². The Bertz CT molecular complexity index is 901. The number of halogens is 3. The molecule has 1 aliphatic heterocycles. The number of fused-ring (bicyclic) bond motifs is 1. The maximum absolute atomic E-state index is 13.6. The van der Waals surface area contributed by atoms with Gasteiger partial charge in [-0.25, -0.2) is 9.50 Å². The molecule has 1 aliphatic carbocycles. The summed E-state index contributed by atoms with van der Waals surface area (Å²) >= 11 is 0. The molecule has 1 saturated heterocycles. The third-order valence-electron chi connectivity index (χ3n) is 5.66. The van der Waals surface area contributed by atoms with Crippen molar-refractivity contribution in [3.63, 3.8) is 0 Å². The van der Waals surface area contributed by atoms with Crippen molar-refractivity contribution < 1.29 is 18.0 Å². The summed E-state index contributed by atoms with van der Waals surface area (Å²) in [5, 5.41) is 4.27. The maximum Gasteiger partial charge on any atom is 0.433 e. The Balaban J connectivity index is 1.63. The summed E-state index contributed by atoms with van der Waals surface area (Å²) in [6, 6.07) is 2.77. The highest BCUT2D eigenvalue weighted by Crippen LogP contribution is 2.36. The number of rotatable bonds is 2. The first-order chi connectivity index (χ1) is 13.0. The molecule has 3 heterocycles. The van der Waals surface area contributed by atoms with E-state index in [9.17, 15) is 18.0 Å². The summed E-state index contributed by atoms with van der Waals surface area (Å²) in [5.41, 5.74) is -0.0480. The van der Waals surface area contributed by atoms with Crippen molar-refractivity contribution in [1.29, 1.82) is 0 Å². The summed E-state index contributed by atoms with van der Waals surface area (Å²) in [7, 11) is 0. The molecule has 0 aromatic carbocycles. The van der Waals surface area contributed by atoms with Gasteiger partial charge in [0, 0.05) is 36.4 Å². The van der Waals surface area contributed by atoms with E-state index in [1.807, 2.05) is 25.7 Å². The SMILES string of the molecule is CC(C)(C)c1cc(C(F)(F)F)n2nc(C3CCN(C(=O)C4CC4)CC3)cc2n1. The lowest BCUT2D eigenvalue weighted by atomic mass is 9.91. The predicted molar refractivity (Wildman–Crippen MR) is 98.0 cm³/mol. The zero-order valence-electron chi connectivity index (χ0n) is 16.4. The zero-order chi connectivity index (χ0) is 20.3. The number of alkyl halides is 3. The largest absolute Gasteiger partial charge is 0.433 e. The Morgan fingerprint density at radius 2 is 1.71 bits per heavy atom. The molecule has 5 nitrogen and oxygen atoms in total. The Morgan fingerprint density at radius 1 is 1.07 bits per heavy atom. The molecule has 2 aliphatic rings. The highest BCUT2D eigenvalue weighted by molar-refractivity contribution is 5.81. The van der Waals surface area contributed by atoms with Gasteiger partial charge in [-0.05, 0) is 31.7 Å². The van der Waals surface area contributed by atoms with Crippen molar-refractivity contribution >= 4 is 11.6 Å². The molecule has 0 radical (unpaired) electrons. The van der Waals surface area contributed by atoms with Gasteiger partial charge in [-0.3, -0.25) is 4.79 Å². The van der Waals surface area contributed by atoms with Crippen LogP contribution in [0.15, 0.2) is 12.1 Å². The molecule has 1 saturated carbocycles. The number of piperidine rings is 1. The summed E-state index contributed by atoms with van der Waals surface area (Å²) in [5.74, 6) is 0.467. The van der Waals surface area contributed by atoms with Gasteiger partial charge in [0.15, 0.2) is 5.65 Å². The second-order valence-corrected chi connectivity index (χ2v) is 8.99. The van der Waals surface area contributed by atoms with E-state index >= 15 is 0 Å². The van der Waals surface area contributed by atoms with Crippen molar-refractivity contribution in [1.82, 2.24) is 19.5 Å². The number of carbonyl (C=O) groups is 1. The van der Waals surface area contributed by atoms with Crippen molar-refractivity contribution in [2.24, 2.45) is 5.92 Å². The number of hydrogen-bond acceptors (Lipinski definition) is 3. The lowest BCUT2D eigenvalue weighted by Crippen LogP contribution is -2.38. The molecule has 2 fully saturated rings. The smallest absolute Gasteiger partial charge is 0.342 e. The molecule has 0 bridgehead atoms. The summed E-state index contributed by atoms with van der Waals surface area (Å²) in [4.78, 5) is 18.5. The first-order valence-corrected chi connectivity index (χ1v) is 9.81. The molecule has 0 N–H and O–H groups in total. The Morgan fingerprint density at radius 3 is 2.25 bits per heavy atom. The van der Waals surface area contributed by atoms with E-state index in [1.54, 1.807) is 6.07 Å². The van der Waals surface area contributed by atoms with Crippen LogP contribution >= 0.6 is 0 Å². The van der Waals surface area contributed by atoms with Crippen LogP contribution in [0.1, 0.15) is 69.5 Å². The fourth-order valence-corrected chi connectivity index (χ4v) is 3.76. The first-order valence-electron chi connectivity index (χ1n) is 9.81. The Kier molecular flexibility index (Phi) is 4.43. The fraction of sp³-hybridized carbons (Fsp3) is 0.650. The van der Waals surface area contributed by atoms with Crippen molar-refractivity contribution in [2.75, 3.05) is 13.1 Å². The van der Waals surface area contributed by atoms with Gasteiger partial charge in [-0.1, -0.05) is 20.8 Å². The van der Waals surface area contributed by atoms with E-state index in [1.165, 1.54) is 0 Å². The van der Waals surface area contributed by atoms with Gasteiger partial charge in [0.1, 0.15) is 5.69 Å². The van der Waals surface area contributed by atoms with E-state index in [4.69, 9.17) is 0 Å². The first kappa shape index (κ1) is 19.2. The normalized spacial score (nSPS) is 19.4. The number of amides is 1. The second-order valence-electron chi connectivity index (χ2n) is 8.99. The molecule has 2 aromatic rings. The molecule has 8 heteroatoms. The topological polar surface area (TPSA) is 50.5 Å². The van der Waals surface area contributed by atoms with Crippen LogP contribution in [0.2, 0.25) is 0 Å². The minimum Gasteiger partial charge on any atom is -0.342 e. The lowest BCUT2D eigenvalue weighted by molar-refractivity contribution is -0.142. The standard InChI is InChI=1S/C20H25F3N4O/c1-19(2,3)15-11-16(20(21,22)23)27-17(24-15)10-14(25-27)12-6-8-26(9-7-12)18(28)13-4-5-13/h10-13H,4-9H2,1-3H3. The van der Waals surface area contributed by atoms with Crippen LogP contribution in [-0.2, 0) is 16.4 Å². The molecule has 152 valence electrons. The fourth-order valence-electron chi connectivity index (χ4n) is 3.76. The average molecular weight is 394 g/mol. The quantitative estimate of drug-likeness (QED) is 0.769. The Hall–Kier alpha value is -2.12. The van der Waals surface area contributed by atoms with Crippen LogP contribution < -0.4 is 0 Å². The van der Waals surface area contributed by atoms with Crippen LogP contribution in [0.5, 0.6) is 0 Å². The second kappa shape index (κ2) is 6.46.